The van der Waals surface area contributed by atoms with E-state index in [2.05, 4.69) is 10.4 Å². The molecule has 0 unspecified atom stereocenters. The van der Waals surface area contributed by atoms with Crippen LogP contribution in [0.4, 0.5) is 0 Å². The molecule has 1 heterocycles. The maximum atomic E-state index is 12.2. The molecule has 2 aromatic carbocycles. The number of ether oxygens (including phenoxy) is 1. The van der Waals surface area contributed by atoms with Crippen LogP contribution in [0.25, 0.3) is 0 Å². The first-order valence-electron chi connectivity index (χ1n) is 8.04. The van der Waals surface area contributed by atoms with E-state index in [9.17, 15) is 4.79 Å². The van der Waals surface area contributed by atoms with E-state index in [1.54, 1.807) is 35.1 Å². The van der Waals surface area contributed by atoms with Gasteiger partial charge in [-0.2, -0.15) is 5.10 Å². The summed E-state index contributed by atoms with van der Waals surface area (Å²) in [7, 11) is 0. The number of hydrogen-bond donors (Lipinski definition) is 1. The van der Waals surface area contributed by atoms with E-state index in [1.165, 1.54) is 6.20 Å². The molecule has 0 radical (unpaired) electrons. The number of hydrogen-bond acceptors (Lipinski definition) is 3. The second-order valence-electron chi connectivity index (χ2n) is 5.58. The summed E-state index contributed by atoms with van der Waals surface area (Å²) in [5.74, 6) is 0.506. The standard InChI is InChI=1S/C19H17Cl2N3O2/c20-16-5-7-17(8-6-16)26-10-9-22-19(25)15-11-23-24(13-15)12-14-3-1-2-4-18(14)21/h1-8,11,13H,9-10,12H2,(H,22,25). The summed E-state index contributed by atoms with van der Waals surface area (Å²) >= 11 is 12.0. The van der Waals surface area contributed by atoms with Crippen LogP contribution in [0.3, 0.4) is 0 Å². The van der Waals surface area contributed by atoms with Crippen molar-refractivity contribution in [1.29, 1.82) is 0 Å². The van der Waals surface area contributed by atoms with Crippen molar-refractivity contribution in [2.45, 2.75) is 6.54 Å². The number of carbonyl (C=O) groups is 1. The van der Waals surface area contributed by atoms with Crippen molar-refractivity contribution in [2.24, 2.45) is 0 Å². The quantitative estimate of drug-likeness (QED) is 0.620. The Balaban J connectivity index is 1.47. The first-order chi connectivity index (χ1) is 12.6. The lowest BCUT2D eigenvalue weighted by Crippen LogP contribution is -2.27. The molecule has 0 bridgehead atoms. The van der Waals surface area contributed by atoms with Crippen molar-refractivity contribution in [3.05, 3.63) is 82.1 Å². The molecule has 0 saturated carbocycles. The fourth-order valence-corrected chi connectivity index (χ4v) is 2.66. The molecular weight excluding hydrogens is 373 g/mol. The molecule has 0 aliphatic rings. The summed E-state index contributed by atoms with van der Waals surface area (Å²) in [5, 5.41) is 8.34. The van der Waals surface area contributed by atoms with E-state index >= 15 is 0 Å². The van der Waals surface area contributed by atoms with Gasteiger partial charge in [-0.3, -0.25) is 9.48 Å². The summed E-state index contributed by atoms with van der Waals surface area (Å²) in [6, 6.07) is 14.6. The molecule has 0 aliphatic heterocycles. The Morgan fingerprint density at radius 2 is 1.88 bits per heavy atom. The second-order valence-corrected chi connectivity index (χ2v) is 6.42. The van der Waals surface area contributed by atoms with Crippen molar-refractivity contribution in [1.82, 2.24) is 15.1 Å². The van der Waals surface area contributed by atoms with E-state index in [4.69, 9.17) is 27.9 Å². The van der Waals surface area contributed by atoms with Crippen molar-refractivity contribution in [2.75, 3.05) is 13.2 Å². The van der Waals surface area contributed by atoms with Gasteiger partial charge >= 0.3 is 0 Å². The van der Waals surface area contributed by atoms with Crippen molar-refractivity contribution >= 4 is 29.1 Å². The summed E-state index contributed by atoms with van der Waals surface area (Å²) in [6.45, 7) is 1.25. The molecule has 0 spiro atoms. The molecular formula is C19H17Cl2N3O2. The van der Waals surface area contributed by atoms with Gasteiger partial charge in [0.2, 0.25) is 0 Å². The van der Waals surface area contributed by atoms with Crippen LogP contribution in [-0.2, 0) is 6.54 Å². The van der Waals surface area contributed by atoms with Crippen LogP contribution in [0.1, 0.15) is 15.9 Å². The maximum Gasteiger partial charge on any atom is 0.254 e. The Hall–Kier alpha value is -2.50. The molecule has 5 nitrogen and oxygen atoms in total. The van der Waals surface area contributed by atoms with E-state index in [0.717, 1.165) is 5.56 Å². The molecule has 1 N–H and O–H groups in total. The van der Waals surface area contributed by atoms with Gasteiger partial charge in [0, 0.05) is 16.2 Å². The number of rotatable bonds is 7. The van der Waals surface area contributed by atoms with Crippen LogP contribution < -0.4 is 10.1 Å². The smallest absolute Gasteiger partial charge is 0.254 e. The zero-order valence-corrected chi connectivity index (χ0v) is 15.4. The average Bonchev–Trinajstić information content (AvgIpc) is 3.11. The van der Waals surface area contributed by atoms with Crippen LogP contribution in [0.15, 0.2) is 60.9 Å². The minimum absolute atomic E-state index is 0.199. The van der Waals surface area contributed by atoms with Gasteiger partial charge in [0.1, 0.15) is 12.4 Å². The normalized spacial score (nSPS) is 10.5. The second kappa shape index (κ2) is 8.74. The van der Waals surface area contributed by atoms with Gasteiger partial charge in [-0.1, -0.05) is 41.4 Å². The highest BCUT2D eigenvalue weighted by Gasteiger charge is 2.09. The molecule has 3 rings (SSSR count). The fraction of sp³-hybridized carbons (Fsp3) is 0.158. The molecule has 7 heteroatoms. The SMILES string of the molecule is O=C(NCCOc1ccc(Cl)cc1)c1cnn(Cc2ccccc2Cl)c1. The molecule has 1 amide bonds. The summed E-state index contributed by atoms with van der Waals surface area (Å²) in [5.41, 5.74) is 1.43. The summed E-state index contributed by atoms with van der Waals surface area (Å²) in [6.07, 6.45) is 3.23. The van der Waals surface area contributed by atoms with Gasteiger partial charge in [-0.05, 0) is 35.9 Å². The zero-order chi connectivity index (χ0) is 18.4. The Morgan fingerprint density at radius 1 is 1.12 bits per heavy atom. The first-order valence-corrected chi connectivity index (χ1v) is 8.80. The number of amides is 1. The minimum atomic E-state index is -0.199. The number of nitrogens with zero attached hydrogens (tertiary/aromatic N) is 2. The Bertz CT molecular complexity index is 879. The number of halogens is 2. The number of benzene rings is 2. The van der Waals surface area contributed by atoms with E-state index < -0.39 is 0 Å². The molecule has 0 atom stereocenters. The van der Waals surface area contributed by atoms with Crippen molar-refractivity contribution in [3.63, 3.8) is 0 Å². The van der Waals surface area contributed by atoms with Crippen LogP contribution in [0.5, 0.6) is 5.75 Å². The summed E-state index contributed by atoms with van der Waals surface area (Å²) < 4.78 is 7.22. The van der Waals surface area contributed by atoms with Crippen molar-refractivity contribution < 1.29 is 9.53 Å². The molecule has 0 fully saturated rings. The van der Waals surface area contributed by atoms with Crippen LogP contribution >= 0.6 is 23.2 Å². The highest BCUT2D eigenvalue weighted by Crippen LogP contribution is 2.16. The minimum Gasteiger partial charge on any atom is -0.492 e. The van der Waals surface area contributed by atoms with E-state index in [0.29, 0.717) is 41.1 Å². The zero-order valence-electron chi connectivity index (χ0n) is 13.9. The Morgan fingerprint density at radius 3 is 2.65 bits per heavy atom. The fourth-order valence-electron chi connectivity index (χ4n) is 2.33. The average molecular weight is 390 g/mol. The number of nitrogens with one attached hydrogen (secondary N) is 1. The van der Waals surface area contributed by atoms with Gasteiger partial charge in [0.05, 0.1) is 24.8 Å². The molecule has 26 heavy (non-hydrogen) atoms. The van der Waals surface area contributed by atoms with E-state index in [1.807, 2.05) is 24.3 Å². The lowest BCUT2D eigenvalue weighted by molar-refractivity contribution is 0.0947. The van der Waals surface area contributed by atoms with Gasteiger partial charge in [0.15, 0.2) is 0 Å². The first kappa shape index (κ1) is 18.3. The predicted octanol–water partition coefficient (Wildman–Crippen LogP) is 4.05. The lowest BCUT2D eigenvalue weighted by Gasteiger charge is -2.07. The molecule has 134 valence electrons. The van der Waals surface area contributed by atoms with Crippen LogP contribution in [-0.4, -0.2) is 28.8 Å². The van der Waals surface area contributed by atoms with Gasteiger partial charge in [0.25, 0.3) is 5.91 Å². The van der Waals surface area contributed by atoms with Gasteiger partial charge < -0.3 is 10.1 Å². The van der Waals surface area contributed by atoms with Gasteiger partial charge in [-0.15, -0.1) is 0 Å². The lowest BCUT2D eigenvalue weighted by atomic mass is 10.2. The molecule has 0 saturated heterocycles. The summed E-state index contributed by atoms with van der Waals surface area (Å²) in [4.78, 5) is 12.2. The third kappa shape index (κ3) is 5.00. The molecule has 3 aromatic rings. The highest BCUT2D eigenvalue weighted by molar-refractivity contribution is 6.31. The Kier molecular flexibility index (Phi) is 6.15. The number of carbonyl (C=O) groups excluding carboxylic acids is 1. The van der Waals surface area contributed by atoms with Crippen LogP contribution in [0.2, 0.25) is 10.0 Å². The molecule has 1 aromatic heterocycles. The topological polar surface area (TPSA) is 56.1 Å². The maximum absolute atomic E-state index is 12.2. The van der Waals surface area contributed by atoms with Crippen LogP contribution in [0, 0.1) is 0 Å². The van der Waals surface area contributed by atoms with E-state index in [-0.39, 0.29) is 5.91 Å². The monoisotopic (exact) mass is 389 g/mol. The predicted molar refractivity (Wildman–Crippen MR) is 102 cm³/mol. The molecule has 0 aliphatic carbocycles. The largest absolute Gasteiger partial charge is 0.492 e. The third-order valence-electron chi connectivity index (χ3n) is 3.66. The third-order valence-corrected chi connectivity index (χ3v) is 4.28. The Labute approximate surface area is 161 Å². The van der Waals surface area contributed by atoms with Crippen molar-refractivity contribution in [3.8, 4) is 5.75 Å². The highest BCUT2D eigenvalue weighted by atomic mass is 35.5. The van der Waals surface area contributed by atoms with Gasteiger partial charge in [-0.25, -0.2) is 0 Å². The number of aromatic nitrogens is 2.